The summed E-state index contributed by atoms with van der Waals surface area (Å²) in [4.78, 5) is 4.33. The van der Waals surface area contributed by atoms with Crippen molar-refractivity contribution in [3.8, 4) is 0 Å². The summed E-state index contributed by atoms with van der Waals surface area (Å²) >= 11 is 7.58. The second kappa shape index (κ2) is 6.23. The number of nitrogens with two attached hydrogens (primary N) is 1. The van der Waals surface area contributed by atoms with E-state index < -0.39 is 0 Å². The maximum Gasteiger partial charge on any atom is 0.0966 e. The standard InChI is InChI=1S/C14H15ClN2S/c1-10(16)14(11-5-7-12(15)8-6-11)18-13-4-2-3-9-17-13/h2-10,14H,16H2,1H3. The van der Waals surface area contributed by atoms with E-state index in [0.29, 0.717) is 0 Å². The van der Waals surface area contributed by atoms with Crippen LogP contribution in [0.25, 0.3) is 0 Å². The summed E-state index contributed by atoms with van der Waals surface area (Å²) in [5.74, 6) is 0. The van der Waals surface area contributed by atoms with Crippen LogP contribution < -0.4 is 5.73 Å². The zero-order valence-corrected chi connectivity index (χ0v) is 11.7. The highest BCUT2D eigenvalue weighted by Crippen LogP contribution is 2.36. The van der Waals surface area contributed by atoms with E-state index in [2.05, 4.69) is 4.98 Å². The van der Waals surface area contributed by atoms with Gasteiger partial charge in [0.1, 0.15) is 0 Å². The Morgan fingerprint density at radius 3 is 2.44 bits per heavy atom. The Labute approximate surface area is 117 Å². The Hall–Kier alpha value is -1.03. The fourth-order valence-electron chi connectivity index (χ4n) is 1.68. The highest BCUT2D eigenvalue weighted by molar-refractivity contribution is 7.99. The molecule has 2 unspecified atom stereocenters. The minimum atomic E-state index is 0.0400. The first-order chi connectivity index (χ1) is 8.66. The van der Waals surface area contributed by atoms with E-state index >= 15 is 0 Å². The molecule has 2 atom stereocenters. The van der Waals surface area contributed by atoms with Gasteiger partial charge >= 0.3 is 0 Å². The van der Waals surface area contributed by atoms with E-state index in [0.717, 1.165) is 10.0 Å². The molecule has 0 aliphatic carbocycles. The van der Waals surface area contributed by atoms with Crippen molar-refractivity contribution < 1.29 is 0 Å². The molecule has 18 heavy (non-hydrogen) atoms. The molecular formula is C14H15ClN2S. The van der Waals surface area contributed by atoms with Gasteiger partial charge in [-0.05, 0) is 36.8 Å². The molecule has 1 aromatic carbocycles. The smallest absolute Gasteiger partial charge is 0.0966 e. The first-order valence-electron chi connectivity index (χ1n) is 5.75. The number of aromatic nitrogens is 1. The van der Waals surface area contributed by atoms with Crippen molar-refractivity contribution in [2.45, 2.75) is 23.2 Å². The average molecular weight is 279 g/mol. The topological polar surface area (TPSA) is 38.9 Å². The molecule has 0 spiro atoms. The van der Waals surface area contributed by atoms with E-state index in [4.69, 9.17) is 17.3 Å². The Morgan fingerprint density at radius 2 is 1.89 bits per heavy atom. The Bertz CT molecular complexity index is 485. The van der Waals surface area contributed by atoms with Gasteiger partial charge in [0, 0.05) is 17.3 Å². The van der Waals surface area contributed by atoms with Crippen molar-refractivity contribution in [3.63, 3.8) is 0 Å². The van der Waals surface area contributed by atoms with Gasteiger partial charge in [0.05, 0.1) is 10.3 Å². The lowest BCUT2D eigenvalue weighted by Gasteiger charge is -2.20. The fourth-order valence-corrected chi connectivity index (χ4v) is 2.85. The lowest BCUT2D eigenvalue weighted by Crippen LogP contribution is -2.22. The number of hydrogen-bond donors (Lipinski definition) is 1. The summed E-state index contributed by atoms with van der Waals surface area (Å²) in [6.07, 6.45) is 1.79. The van der Waals surface area contributed by atoms with Gasteiger partial charge in [0.15, 0.2) is 0 Å². The number of nitrogens with zero attached hydrogens (tertiary/aromatic N) is 1. The second-order valence-corrected chi connectivity index (χ2v) is 5.72. The molecule has 0 radical (unpaired) electrons. The van der Waals surface area contributed by atoms with Crippen LogP contribution in [0.3, 0.4) is 0 Å². The van der Waals surface area contributed by atoms with Crippen molar-refractivity contribution in [3.05, 3.63) is 59.2 Å². The Kier molecular flexibility index (Phi) is 4.64. The lowest BCUT2D eigenvalue weighted by molar-refractivity contribution is 0.720. The molecule has 0 saturated carbocycles. The number of pyridine rings is 1. The molecule has 0 saturated heterocycles. The third-order valence-electron chi connectivity index (χ3n) is 2.56. The molecule has 0 aliphatic heterocycles. The molecule has 1 aromatic heterocycles. The van der Waals surface area contributed by atoms with Crippen LogP contribution in [0.5, 0.6) is 0 Å². The zero-order valence-electron chi connectivity index (χ0n) is 10.1. The van der Waals surface area contributed by atoms with Gasteiger partial charge in [0.2, 0.25) is 0 Å². The van der Waals surface area contributed by atoms with Crippen molar-refractivity contribution in [2.24, 2.45) is 5.73 Å². The molecule has 2 aromatic rings. The SMILES string of the molecule is CC(N)C(Sc1ccccn1)c1ccc(Cl)cc1. The minimum Gasteiger partial charge on any atom is -0.327 e. The van der Waals surface area contributed by atoms with Gasteiger partial charge in [-0.1, -0.05) is 41.6 Å². The molecule has 2 N–H and O–H groups in total. The summed E-state index contributed by atoms with van der Waals surface area (Å²) in [7, 11) is 0. The fraction of sp³-hybridized carbons (Fsp3) is 0.214. The zero-order chi connectivity index (χ0) is 13.0. The van der Waals surface area contributed by atoms with Crippen LogP contribution in [0.4, 0.5) is 0 Å². The summed E-state index contributed by atoms with van der Waals surface area (Å²) in [5.41, 5.74) is 7.24. The minimum absolute atomic E-state index is 0.0400. The van der Waals surface area contributed by atoms with Crippen LogP contribution in [0.2, 0.25) is 5.02 Å². The molecule has 0 fully saturated rings. The van der Waals surface area contributed by atoms with Gasteiger partial charge in [-0.2, -0.15) is 0 Å². The van der Waals surface area contributed by atoms with E-state index in [-0.39, 0.29) is 11.3 Å². The molecule has 94 valence electrons. The van der Waals surface area contributed by atoms with E-state index in [1.165, 1.54) is 5.56 Å². The normalized spacial score (nSPS) is 14.2. The third kappa shape index (κ3) is 3.48. The molecule has 2 nitrogen and oxygen atoms in total. The van der Waals surface area contributed by atoms with Crippen LogP contribution in [0.15, 0.2) is 53.7 Å². The Morgan fingerprint density at radius 1 is 1.17 bits per heavy atom. The van der Waals surface area contributed by atoms with Crippen molar-refractivity contribution in [1.82, 2.24) is 4.98 Å². The molecule has 1 heterocycles. The molecule has 0 amide bonds. The van der Waals surface area contributed by atoms with Crippen LogP contribution in [0, 0.1) is 0 Å². The highest BCUT2D eigenvalue weighted by Gasteiger charge is 2.18. The highest BCUT2D eigenvalue weighted by atomic mass is 35.5. The van der Waals surface area contributed by atoms with E-state index in [1.807, 2.05) is 49.4 Å². The first kappa shape index (κ1) is 13.4. The maximum absolute atomic E-state index is 6.07. The molecule has 2 rings (SSSR count). The molecule has 0 aliphatic rings. The number of benzene rings is 1. The second-order valence-electron chi connectivity index (χ2n) is 4.12. The van der Waals surface area contributed by atoms with Crippen LogP contribution >= 0.6 is 23.4 Å². The third-order valence-corrected chi connectivity index (χ3v) is 4.25. The largest absolute Gasteiger partial charge is 0.327 e. The number of rotatable bonds is 4. The summed E-state index contributed by atoms with van der Waals surface area (Å²) in [6.45, 7) is 2.01. The van der Waals surface area contributed by atoms with Gasteiger partial charge in [0.25, 0.3) is 0 Å². The van der Waals surface area contributed by atoms with E-state index in [1.54, 1.807) is 18.0 Å². The van der Waals surface area contributed by atoms with Gasteiger partial charge in [-0.15, -0.1) is 0 Å². The monoisotopic (exact) mass is 278 g/mol. The summed E-state index contributed by atoms with van der Waals surface area (Å²) in [5, 5.41) is 1.90. The summed E-state index contributed by atoms with van der Waals surface area (Å²) < 4.78 is 0. The Balaban J connectivity index is 2.21. The van der Waals surface area contributed by atoms with Crippen LogP contribution in [-0.2, 0) is 0 Å². The van der Waals surface area contributed by atoms with Crippen molar-refractivity contribution >= 4 is 23.4 Å². The van der Waals surface area contributed by atoms with Crippen LogP contribution in [-0.4, -0.2) is 11.0 Å². The van der Waals surface area contributed by atoms with E-state index in [9.17, 15) is 0 Å². The number of thioether (sulfide) groups is 1. The first-order valence-corrected chi connectivity index (χ1v) is 7.01. The van der Waals surface area contributed by atoms with Crippen LogP contribution in [0.1, 0.15) is 17.7 Å². The quantitative estimate of drug-likeness (QED) is 0.862. The molecular weight excluding hydrogens is 264 g/mol. The average Bonchev–Trinajstić information content (AvgIpc) is 2.38. The van der Waals surface area contributed by atoms with Crippen molar-refractivity contribution in [2.75, 3.05) is 0 Å². The van der Waals surface area contributed by atoms with Gasteiger partial charge < -0.3 is 5.73 Å². The molecule has 0 bridgehead atoms. The number of hydrogen-bond acceptors (Lipinski definition) is 3. The number of halogens is 1. The maximum atomic E-state index is 6.07. The van der Waals surface area contributed by atoms with Crippen molar-refractivity contribution in [1.29, 1.82) is 0 Å². The predicted molar refractivity (Wildman–Crippen MR) is 77.9 cm³/mol. The van der Waals surface area contributed by atoms with Gasteiger partial charge in [-0.3, -0.25) is 0 Å². The predicted octanol–water partition coefficient (Wildman–Crippen LogP) is 3.92. The summed E-state index contributed by atoms with van der Waals surface area (Å²) in [6, 6.07) is 13.8. The molecule has 4 heteroatoms. The lowest BCUT2D eigenvalue weighted by atomic mass is 10.1. The van der Waals surface area contributed by atoms with Gasteiger partial charge in [-0.25, -0.2) is 4.98 Å².